The summed E-state index contributed by atoms with van der Waals surface area (Å²) in [6, 6.07) is 0. The normalized spacial score (nSPS) is 21.6. The SMILES string of the molecule is COC(=O)C(=O)CC(O)C1CC(F)(F)C1. The van der Waals surface area contributed by atoms with Gasteiger partial charge in [-0.25, -0.2) is 13.6 Å². The maximum absolute atomic E-state index is 12.4. The van der Waals surface area contributed by atoms with Crippen LogP contribution < -0.4 is 0 Å². The van der Waals surface area contributed by atoms with Crippen LogP contribution in [0.15, 0.2) is 0 Å². The van der Waals surface area contributed by atoms with Crippen LogP contribution in [0.3, 0.4) is 0 Å². The lowest BCUT2D eigenvalue weighted by Gasteiger charge is -2.37. The summed E-state index contributed by atoms with van der Waals surface area (Å²) in [4.78, 5) is 21.6. The monoisotopic (exact) mass is 222 g/mol. The summed E-state index contributed by atoms with van der Waals surface area (Å²) in [6.07, 6.45) is -2.49. The van der Waals surface area contributed by atoms with Crippen LogP contribution >= 0.6 is 0 Å². The number of Topliss-reactive ketones (excluding diaryl/α,β-unsaturated/α-hetero) is 1. The van der Waals surface area contributed by atoms with Gasteiger partial charge in [-0.05, 0) is 5.92 Å². The molecule has 1 aliphatic rings. The lowest BCUT2D eigenvalue weighted by molar-refractivity contribution is -0.158. The Morgan fingerprint density at radius 3 is 2.47 bits per heavy atom. The Bertz CT molecular complexity index is 269. The number of hydrogen-bond acceptors (Lipinski definition) is 4. The molecule has 1 aliphatic carbocycles. The summed E-state index contributed by atoms with van der Waals surface area (Å²) in [5.41, 5.74) is 0. The number of esters is 1. The minimum absolute atomic E-state index is 0.428. The van der Waals surface area contributed by atoms with Gasteiger partial charge in [-0.1, -0.05) is 0 Å². The molecule has 1 atom stereocenters. The standard InChI is InChI=1S/C9H12F2O4/c1-15-8(14)7(13)2-6(12)5-3-9(10,11)4-5/h5-6,12H,2-4H2,1H3. The lowest BCUT2D eigenvalue weighted by Crippen LogP contribution is -2.43. The molecule has 0 aromatic carbocycles. The molecule has 1 rings (SSSR count). The number of ether oxygens (including phenoxy) is 1. The minimum atomic E-state index is -2.74. The van der Waals surface area contributed by atoms with Gasteiger partial charge in [0, 0.05) is 19.3 Å². The van der Waals surface area contributed by atoms with Crippen molar-refractivity contribution < 1.29 is 28.2 Å². The zero-order chi connectivity index (χ0) is 11.6. The molecule has 0 amide bonds. The van der Waals surface area contributed by atoms with E-state index in [1.54, 1.807) is 0 Å². The van der Waals surface area contributed by atoms with Crippen molar-refractivity contribution >= 4 is 11.8 Å². The molecular weight excluding hydrogens is 210 g/mol. The molecule has 1 fully saturated rings. The number of ketones is 1. The highest BCUT2D eigenvalue weighted by Crippen LogP contribution is 2.44. The van der Waals surface area contributed by atoms with Crippen molar-refractivity contribution in [3.8, 4) is 0 Å². The third kappa shape index (κ3) is 2.95. The van der Waals surface area contributed by atoms with Crippen LogP contribution in [0.1, 0.15) is 19.3 Å². The fraction of sp³-hybridized carbons (Fsp3) is 0.778. The number of alkyl halides is 2. The molecule has 6 heteroatoms. The van der Waals surface area contributed by atoms with Crippen LogP contribution in [-0.2, 0) is 14.3 Å². The van der Waals surface area contributed by atoms with Crippen molar-refractivity contribution in [2.75, 3.05) is 7.11 Å². The van der Waals surface area contributed by atoms with Gasteiger partial charge in [0.25, 0.3) is 0 Å². The second-order valence-corrected chi connectivity index (χ2v) is 3.71. The molecule has 1 unspecified atom stereocenters. The predicted octanol–water partition coefficient (Wildman–Crippen LogP) is 0.525. The van der Waals surface area contributed by atoms with Crippen molar-refractivity contribution in [3.63, 3.8) is 0 Å². The highest BCUT2D eigenvalue weighted by Gasteiger charge is 2.48. The summed E-state index contributed by atoms with van der Waals surface area (Å²) in [5, 5.41) is 9.35. The van der Waals surface area contributed by atoms with E-state index in [-0.39, 0.29) is 0 Å². The summed E-state index contributed by atoms with van der Waals surface area (Å²) in [5.74, 6) is -5.28. The van der Waals surface area contributed by atoms with Gasteiger partial charge in [0.1, 0.15) is 0 Å². The van der Waals surface area contributed by atoms with Crippen molar-refractivity contribution in [2.24, 2.45) is 5.92 Å². The molecule has 0 aromatic heterocycles. The largest absolute Gasteiger partial charge is 0.463 e. The summed E-state index contributed by atoms with van der Waals surface area (Å²) >= 11 is 0. The van der Waals surface area contributed by atoms with E-state index in [1.165, 1.54) is 0 Å². The molecule has 0 saturated heterocycles. The van der Waals surface area contributed by atoms with Crippen molar-refractivity contribution in [1.82, 2.24) is 0 Å². The van der Waals surface area contributed by atoms with E-state index in [9.17, 15) is 23.5 Å². The molecule has 0 spiro atoms. The minimum Gasteiger partial charge on any atom is -0.463 e. The first-order chi connectivity index (χ1) is 6.85. The van der Waals surface area contributed by atoms with E-state index in [0.717, 1.165) is 7.11 Å². The fourth-order valence-corrected chi connectivity index (χ4v) is 1.53. The molecule has 15 heavy (non-hydrogen) atoms. The van der Waals surface area contributed by atoms with Crippen molar-refractivity contribution in [1.29, 1.82) is 0 Å². The molecule has 0 aromatic rings. The van der Waals surface area contributed by atoms with Gasteiger partial charge >= 0.3 is 5.97 Å². The van der Waals surface area contributed by atoms with Gasteiger partial charge in [0.15, 0.2) is 0 Å². The molecule has 86 valence electrons. The Kier molecular flexibility index (Phi) is 3.38. The molecule has 1 saturated carbocycles. The maximum Gasteiger partial charge on any atom is 0.374 e. The second-order valence-electron chi connectivity index (χ2n) is 3.71. The third-order valence-corrected chi connectivity index (χ3v) is 2.47. The van der Waals surface area contributed by atoms with Crippen LogP contribution in [-0.4, -0.2) is 36.0 Å². The maximum atomic E-state index is 12.4. The number of halogens is 2. The number of carbonyl (C=O) groups is 2. The molecule has 0 aliphatic heterocycles. The number of carbonyl (C=O) groups excluding carboxylic acids is 2. The number of aliphatic hydroxyl groups excluding tert-OH is 1. The van der Waals surface area contributed by atoms with Crippen LogP contribution in [0, 0.1) is 5.92 Å². The average Bonchev–Trinajstić information content (AvgIpc) is 2.12. The molecular formula is C9H12F2O4. The second kappa shape index (κ2) is 4.22. The fourth-order valence-electron chi connectivity index (χ4n) is 1.53. The Morgan fingerprint density at radius 1 is 1.53 bits per heavy atom. The number of methoxy groups -OCH3 is 1. The molecule has 1 N–H and O–H groups in total. The smallest absolute Gasteiger partial charge is 0.374 e. The Hall–Kier alpha value is -1.04. The van der Waals surface area contributed by atoms with E-state index in [4.69, 9.17) is 0 Å². The lowest BCUT2D eigenvalue weighted by atomic mass is 9.76. The summed E-state index contributed by atoms with van der Waals surface area (Å²) in [7, 11) is 1.05. The van der Waals surface area contributed by atoms with Crippen LogP contribution in [0.5, 0.6) is 0 Å². The first-order valence-electron chi connectivity index (χ1n) is 4.53. The van der Waals surface area contributed by atoms with Crippen LogP contribution in [0.25, 0.3) is 0 Å². The molecule has 0 radical (unpaired) electrons. The van der Waals surface area contributed by atoms with Gasteiger partial charge < -0.3 is 9.84 Å². The quantitative estimate of drug-likeness (QED) is 0.556. The van der Waals surface area contributed by atoms with Crippen molar-refractivity contribution in [2.45, 2.75) is 31.3 Å². The van der Waals surface area contributed by atoms with Gasteiger partial charge in [0.2, 0.25) is 11.7 Å². The van der Waals surface area contributed by atoms with E-state index in [1.807, 2.05) is 0 Å². The van der Waals surface area contributed by atoms with Crippen LogP contribution in [0.4, 0.5) is 8.78 Å². The van der Waals surface area contributed by atoms with Crippen molar-refractivity contribution in [3.05, 3.63) is 0 Å². The highest BCUT2D eigenvalue weighted by atomic mass is 19.3. The topological polar surface area (TPSA) is 63.6 Å². The molecule has 4 nitrogen and oxygen atoms in total. The zero-order valence-electron chi connectivity index (χ0n) is 8.20. The number of aliphatic hydroxyl groups is 1. The average molecular weight is 222 g/mol. The van der Waals surface area contributed by atoms with Gasteiger partial charge in [-0.2, -0.15) is 0 Å². The summed E-state index contributed by atoms with van der Waals surface area (Å²) < 4.78 is 29.0. The highest BCUT2D eigenvalue weighted by molar-refractivity contribution is 6.33. The first kappa shape index (κ1) is 12.0. The number of hydrogen-bond donors (Lipinski definition) is 1. The van der Waals surface area contributed by atoms with Gasteiger partial charge in [-0.3, -0.25) is 4.79 Å². The Labute approximate surface area is 85.2 Å². The van der Waals surface area contributed by atoms with E-state index >= 15 is 0 Å². The zero-order valence-corrected chi connectivity index (χ0v) is 8.20. The summed E-state index contributed by atoms with van der Waals surface area (Å²) in [6.45, 7) is 0. The van der Waals surface area contributed by atoms with Gasteiger partial charge in [-0.15, -0.1) is 0 Å². The van der Waals surface area contributed by atoms with E-state index < -0.39 is 49.0 Å². The van der Waals surface area contributed by atoms with E-state index in [2.05, 4.69) is 4.74 Å². The third-order valence-electron chi connectivity index (χ3n) is 2.47. The van der Waals surface area contributed by atoms with Crippen LogP contribution in [0.2, 0.25) is 0 Å². The predicted molar refractivity (Wildman–Crippen MR) is 45.3 cm³/mol. The Balaban J connectivity index is 2.34. The molecule has 0 heterocycles. The Morgan fingerprint density at radius 2 is 2.07 bits per heavy atom. The van der Waals surface area contributed by atoms with E-state index in [0.29, 0.717) is 0 Å². The number of rotatable bonds is 4. The molecule has 0 bridgehead atoms. The first-order valence-corrected chi connectivity index (χ1v) is 4.53. The van der Waals surface area contributed by atoms with Gasteiger partial charge in [0.05, 0.1) is 13.2 Å².